The van der Waals surface area contributed by atoms with Gasteiger partial charge in [-0.3, -0.25) is 9.59 Å². The van der Waals surface area contributed by atoms with Gasteiger partial charge >= 0.3 is 11.9 Å². The lowest BCUT2D eigenvalue weighted by Gasteiger charge is -2.34. The van der Waals surface area contributed by atoms with Gasteiger partial charge in [-0.25, -0.2) is 0 Å². The molecule has 0 aliphatic rings. The number of carboxylic acids is 1. The van der Waals surface area contributed by atoms with E-state index in [1.165, 1.54) is 96.3 Å². The van der Waals surface area contributed by atoms with Crippen molar-refractivity contribution in [2.75, 3.05) is 41.0 Å². The predicted molar refractivity (Wildman–Crippen MR) is 222 cm³/mol. The van der Waals surface area contributed by atoms with Crippen molar-refractivity contribution in [3.05, 3.63) is 36.5 Å². The fourth-order valence-electron chi connectivity index (χ4n) is 6.38. The van der Waals surface area contributed by atoms with Crippen molar-refractivity contribution in [2.24, 2.45) is 0 Å². The van der Waals surface area contributed by atoms with Crippen molar-refractivity contribution in [1.29, 1.82) is 0 Å². The fraction of sp³-hybridized carbons (Fsp3) is 0.804. The minimum atomic E-state index is -1.13. The van der Waals surface area contributed by atoms with Gasteiger partial charge in [0.05, 0.1) is 40.3 Å². The SMILES string of the molecule is CC/C=C/C/C=C/C/C=C/CCCCCCCCCCCCC(=O)OCC(COCCC(C(=O)[O-])[N+](C)(C)C)OC(=O)CCCCCCCCCCCC. The molecule has 0 N–H and O–H groups in total. The smallest absolute Gasteiger partial charge is 0.306 e. The summed E-state index contributed by atoms with van der Waals surface area (Å²) in [6.45, 7) is 4.54. The minimum absolute atomic E-state index is 0.0421. The van der Waals surface area contributed by atoms with Crippen molar-refractivity contribution in [3.8, 4) is 0 Å². The molecule has 8 nitrogen and oxygen atoms in total. The summed E-state index contributed by atoms with van der Waals surface area (Å²) < 4.78 is 17.1. The van der Waals surface area contributed by atoms with Crippen LogP contribution in [0.1, 0.15) is 187 Å². The first-order valence-corrected chi connectivity index (χ1v) is 22.0. The molecule has 314 valence electrons. The summed E-state index contributed by atoms with van der Waals surface area (Å²) in [5.74, 6) is -1.74. The maximum atomic E-state index is 12.7. The Bertz CT molecular complexity index is 984. The summed E-state index contributed by atoms with van der Waals surface area (Å²) in [7, 11) is 5.40. The number of aliphatic carboxylic acids is 1. The zero-order valence-electron chi connectivity index (χ0n) is 35.6. The van der Waals surface area contributed by atoms with Crippen molar-refractivity contribution in [2.45, 2.75) is 199 Å². The Balaban J connectivity index is 4.24. The zero-order valence-corrected chi connectivity index (χ0v) is 35.6. The summed E-state index contributed by atoms with van der Waals surface area (Å²) in [4.78, 5) is 36.8. The highest BCUT2D eigenvalue weighted by Gasteiger charge is 2.25. The van der Waals surface area contributed by atoms with Gasteiger partial charge in [-0.2, -0.15) is 0 Å². The van der Waals surface area contributed by atoms with Crippen molar-refractivity contribution in [3.63, 3.8) is 0 Å². The van der Waals surface area contributed by atoms with E-state index in [0.29, 0.717) is 12.8 Å². The van der Waals surface area contributed by atoms with Crippen LogP contribution in [0.25, 0.3) is 0 Å². The second kappa shape index (κ2) is 37.5. The summed E-state index contributed by atoms with van der Waals surface area (Å²) in [5.41, 5.74) is 0. The van der Waals surface area contributed by atoms with E-state index in [0.717, 1.165) is 57.8 Å². The van der Waals surface area contributed by atoms with Gasteiger partial charge in [0.25, 0.3) is 0 Å². The Morgan fingerprint density at radius 1 is 0.574 bits per heavy atom. The van der Waals surface area contributed by atoms with E-state index in [1.54, 1.807) is 21.1 Å². The molecule has 0 fully saturated rings. The summed E-state index contributed by atoms with van der Waals surface area (Å²) >= 11 is 0. The number of ether oxygens (including phenoxy) is 3. The minimum Gasteiger partial charge on any atom is -0.544 e. The Morgan fingerprint density at radius 3 is 1.54 bits per heavy atom. The molecule has 0 bridgehead atoms. The number of carbonyl (C=O) groups is 3. The van der Waals surface area contributed by atoms with E-state index >= 15 is 0 Å². The van der Waals surface area contributed by atoms with Crippen LogP contribution in [-0.4, -0.2) is 75.5 Å². The Hall–Kier alpha value is -2.45. The molecule has 0 amide bonds. The van der Waals surface area contributed by atoms with Crippen LogP contribution >= 0.6 is 0 Å². The second-order valence-corrected chi connectivity index (χ2v) is 15.9. The largest absolute Gasteiger partial charge is 0.544 e. The average Bonchev–Trinajstić information content (AvgIpc) is 3.12. The molecule has 0 saturated heterocycles. The number of carboxylic acid groups (broad SMARTS) is 1. The number of hydrogen-bond acceptors (Lipinski definition) is 7. The number of unbranched alkanes of at least 4 members (excludes halogenated alkanes) is 19. The van der Waals surface area contributed by atoms with Gasteiger partial charge in [-0.15, -0.1) is 0 Å². The molecule has 0 radical (unpaired) electrons. The second-order valence-electron chi connectivity index (χ2n) is 15.9. The van der Waals surface area contributed by atoms with Crippen LogP contribution in [0.15, 0.2) is 36.5 Å². The molecule has 0 aromatic heterocycles. The third kappa shape index (κ3) is 35.3. The normalized spacial score (nSPS) is 13.3. The Labute approximate surface area is 332 Å². The highest BCUT2D eigenvalue weighted by atomic mass is 16.6. The van der Waals surface area contributed by atoms with Crippen LogP contribution in [0.4, 0.5) is 0 Å². The third-order valence-corrected chi connectivity index (χ3v) is 9.79. The number of quaternary nitrogens is 1. The van der Waals surface area contributed by atoms with Gasteiger partial charge in [0, 0.05) is 19.3 Å². The van der Waals surface area contributed by atoms with Crippen LogP contribution in [0.5, 0.6) is 0 Å². The van der Waals surface area contributed by atoms with Crippen molar-refractivity contribution >= 4 is 17.9 Å². The third-order valence-electron chi connectivity index (χ3n) is 9.79. The molecule has 0 heterocycles. The van der Waals surface area contributed by atoms with Crippen LogP contribution in [-0.2, 0) is 28.6 Å². The molecule has 0 rings (SSSR count). The molecule has 8 heteroatoms. The molecule has 54 heavy (non-hydrogen) atoms. The number of rotatable bonds is 39. The molecule has 0 saturated carbocycles. The zero-order chi connectivity index (χ0) is 40.0. The van der Waals surface area contributed by atoms with Gasteiger partial charge in [0.2, 0.25) is 0 Å². The van der Waals surface area contributed by atoms with Crippen LogP contribution in [0, 0.1) is 0 Å². The topological polar surface area (TPSA) is 102 Å². The van der Waals surface area contributed by atoms with Gasteiger partial charge in [0.15, 0.2) is 6.10 Å². The lowest BCUT2D eigenvalue weighted by atomic mass is 10.1. The maximum absolute atomic E-state index is 12.7. The van der Waals surface area contributed by atoms with Crippen molar-refractivity contribution in [1.82, 2.24) is 0 Å². The molecule has 2 unspecified atom stereocenters. The molecular formula is C46H83NO7. The van der Waals surface area contributed by atoms with Gasteiger partial charge in [0.1, 0.15) is 12.6 Å². The summed E-state index contributed by atoms with van der Waals surface area (Å²) in [6, 6.07) is -0.723. The highest BCUT2D eigenvalue weighted by molar-refractivity contribution is 5.70. The number of carbonyl (C=O) groups excluding carboxylic acids is 3. The number of esters is 2. The number of hydrogen-bond donors (Lipinski definition) is 0. The highest BCUT2D eigenvalue weighted by Crippen LogP contribution is 2.15. The summed E-state index contributed by atoms with van der Waals surface area (Å²) in [6.07, 6.45) is 41.7. The van der Waals surface area contributed by atoms with E-state index in [-0.39, 0.29) is 42.7 Å². The van der Waals surface area contributed by atoms with Gasteiger partial charge < -0.3 is 28.6 Å². The summed E-state index contributed by atoms with van der Waals surface area (Å²) in [5, 5.41) is 11.6. The van der Waals surface area contributed by atoms with Gasteiger partial charge in [-0.05, 0) is 44.9 Å². The first kappa shape index (κ1) is 51.5. The molecular weight excluding hydrogens is 679 g/mol. The van der Waals surface area contributed by atoms with E-state index in [9.17, 15) is 19.5 Å². The van der Waals surface area contributed by atoms with E-state index in [4.69, 9.17) is 14.2 Å². The van der Waals surface area contributed by atoms with Gasteiger partial charge in [-0.1, -0.05) is 159 Å². The average molecular weight is 762 g/mol. The number of nitrogens with zero attached hydrogens (tertiary/aromatic N) is 1. The quantitative estimate of drug-likeness (QED) is 0.0266. The van der Waals surface area contributed by atoms with Crippen LogP contribution in [0.3, 0.4) is 0 Å². The monoisotopic (exact) mass is 762 g/mol. The first-order valence-electron chi connectivity index (χ1n) is 22.0. The van der Waals surface area contributed by atoms with Crippen LogP contribution < -0.4 is 5.11 Å². The first-order chi connectivity index (χ1) is 26.1. The number of likely N-dealkylation sites (N-methyl/N-ethyl adjacent to an activating group) is 1. The molecule has 0 spiro atoms. The molecule has 0 aliphatic heterocycles. The van der Waals surface area contributed by atoms with Crippen LogP contribution in [0.2, 0.25) is 0 Å². The fourth-order valence-corrected chi connectivity index (χ4v) is 6.38. The van der Waals surface area contributed by atoms with E-state index in [2.05, 4.69) is 50.3 Å². The lowest BCUT2D eigenvalue weighted by Crippen LogP contribution is -2.55. The number of allylic oxidation sites excluding steroid dienone is 6. The molecule has 0 aromatic carbocycles. The molecule has 0 aliphatic carbocycles. The van der Waals surface area contributed by atoms with Crippen molar-refractivity contribution < 1.29 is 38.2 Å². The standard InChI is InChI=1S/C46H83NO7/c1-6-8-10-12-14-16-18-19-20-21-22-23-24-25-26-27-29-30-32-34-36-44(48)53-41-42(40-52-39-38-43(46(50)51)47(3,4)5)54-45(49)37-35-33-31-28-17-15-13-11-9-7-2/h8,10,14,16,19-20,42-43H,6-7,9,11-13,15,17-18,21-41H2,1-5H3/b10-8+,16-14+,20-19+. The van der Waals surface area contributed by atoms with E-state index in [1.807, 2.05) is 0 Å². The molecule has 0 aromatic rings. The maximum Gasteiger partial charge on any atom is 0.306 e. The predicted octanol–water partition coefficient (Wildman–Crippen LogP) is 10.5. The van der Waals surface area contributed by atoms with E-state index < -0.39 is 18.1 Å². The lowest BCUT2D eigenvalue weighted by molar-refractivity contribution is -0.889. The molecule has 2 atom stereocenters. The Morgan fingerprint density at radius 2 is 1.04 bits per heavy atom. The Kier molecular flexibility index (Phi) is 35.8.